The molecular formula is C14H16FNO5. The van der Waals surface area contributed by atoms with Gasteiger partial charge in [-0.05, 0) is 31.2 Å². The zero-order valence-corrected chi connectivity index (χ0v) is 11.4. The molecule has 2 rings (SSSR count). The number of aliphatic carboxylic acids is 1. The van der Waals surface area contributed by atoms with E-state index in [0.29, 0.717) is 5.75 Å². The number of benzene rings is 1. The fraction of sp³-hybridized carbons (Fsp3) is 0.429. The van der Waals surface area contributed by atoms with E-state index in [1.807, 2.05) is 0 Å². The summed E-state index contributed by atoms with van der Waals surface area (Å²) in [4.78, 5) is 24.4. The van der Waals surface area contributed by atoms with Gasteiger partial charge in [-0.1, -0.05) is 0 Å². The van der Waals surface area contributed by atoms with Crippen molar-refractivity contribution >= 4 is 11.9 Å². The first-order valence-corrected chi connectivity index (χ1v) is 6.52. The fourth-order valence-electron chi connectivity index (χ4n) is 2.29. The second kappa shape index (κ2) is 6.09. The minimum absolute atomic E-state index is 0.00431. The Labute approximate surface area is 120 Å². The van der Waals surface area contributed by atoms with Crippen LogP contribution in [0.4, 0.5) is 4.39 Å². The molecule has 6 nitrogen and oxygen atoms in total. The Hall–Kier alpha value is -2.15. The van der Waals surface area contributed by atoms with Crippen LogP contribution in [0.1, 0.15) is 13.3 Å². The van der Waals surface area contributed by atoms with Gasteiger partial charge in [0, 0.05) is 13.0 Å². The maximum Gasteiger partial charge on any atom is 0.326 e. The average molecular weight is 297 g/mol. The Morgan fingerprint density at radius 1 is 1.38 bits per heavy atom. The van der Waals surface area contributed by atoms with Gasteiger partial charge >= 0.3 is 5.97 Å². The van der Waals surface area contributed by atoms with Crippen molar-refractivity contribution in [2.24, 2.45) is 0 Å². The molecule has 21 heavy (non-hydrogen) atoms. The van der Waals surface area contributed by atoms with E-state index in [4.69, 9.17) is 9.84 Å². The average Bonchev–Trinajstić information content (AvgIpc) is 2.82. The zero-order valence-electron chi connectivity index (χ0n) is 11.4. The molecule has 1 aromatic rings. The van der Waals surface area contributed by atoms with E-state index in [0.717, 1.165) is 4.90 Å². The standard InChI is InChI=1S/C14H16FNO5/c1-8(21-11-4-2-9(15)3-5-11)13(18)16-7-10(17)6-12(16)14(19)20/h2-5,8,10,12,17H,6-7H2,1H3,(H,19,20). The van der Waals surface area contributed by atoms with Crippen molar-refractivity contribution in [1.29, 1.82) is 0 Å². The molecule has 1 aromatic carbocycles. The molecule has 0 bridgehead atoms. The van der Waals surface area contributed by atoms with Crippen molar-refractivity contribution in [2.45, 2.75) is 31.6 Å². The first-order chi connectivity index (χ1) is 9.88. The summed E-state index contributed by atoms with van der Waals surface area (Å²) < 4.78 is 18.2. The first kappa shape index (κ1) is 15.2. The number of carboxylic acid groups (broad SMARTS) is 1. The predicted octanol–water partition coefficient (Wildman–Crippen LogP) is 0.639. The number of rotatable bonds is 4. The van der Waals surface area contributed by atoms with Gasteiger partial charge in [0.15, 0.2) is 6.10 Å². The van der Waals surface area contributed by atoms with Gasteiger partial charge in [-0.15, -0.1) is 0 Å². The topological polar surface area (TPSA) is 87.1 Å². The number of β-amino-alcohol motifs (C(OH)–C–C–N with tert-alkyl or cyclic N) is 1. The highest BCUT2D eigenvalue weighted by atomic mass is 19.1. The molecule has 114 valence electrons. The number of halogens is 1. The molecule has 0 aromatic heterocycles. The van der Waals surface area contributed by atoms with Gasteiger partial charge in [0.25, 0.3) is 5.91 Å². The molecule has 1 fully saturated rings. The highest BCUT2D eigenvalue weighted by Crippen LogP contribution is 2.21. The molecule has 0 saturated carbocycles. The summed E-state index contributed by atoms with van der Waals surface area (Å²) in [6, 6.07) is 4.12. The SMILES string of the molecule is CC(Oc1ccc(F)cc1)C(=O)N1CC(O)CC1C(=O)O. The van der Waals surface area contributed by atoms with Crippen LogP contribution in [0.3, 0.4) is 0 Å². The predicted molar refractivity (Wildman–Crippen MR) is 70.3 cm³/mol. The van der Waals surface area contributed by atoms with Crippen molar-refractivity contribution in [2.75, 3.05) is 6.54 Å². The second-order valence-electron chi connectivity index (χ2n) is 4.95. The minimum atomic E-state index is -1.16. The van der Waals surface area contributed by atoms with Crippen LogP contribution in [0, 0.1) is 5.82 Å². The number of carbonyl (C=O) groups is 2. The van der Waals surface area contributed by atoms with E-state index >= 15 is 0 Å². The molecule has 0 spiro atoms. The summed E-state index contributed by atoms with van der Waals surface area (Å²) in [6.45, 7) is 1.45. The van der Waals surface area contributed by atoms with E-state index in [1.54, 1.807) is 0 Å². The van der Waals surface area contributed by atoms with Crippen LogP contribution in [0.25, 0.3) is 0 Å². The minimum Gasteiger partial charge on any atom is -0.481 e. The Morgan fingerprint density at radius 2 is 2.00 bits per heavy atom. The largest absolute Gasteiger partial charge is 0.481 e. The fourth-order valence-corrected chi connectivity index (χ4v) is 2.29. The summed E-state index contributed by atoms with van der Waals surface area (Å²) in [7, 11) is 0. The number of hydrogen-bond acceptors (Lipinski definition) is 4. The monoisotopic (exact) mass is 297 g/mol. The molecule has 7 heteroatoms. The number of hydrogen-bond donors (Lipinski definition) is 2. The number of amides is 1. The van der Waals surface area contributed by atoms with Crippen LogP contribution in [0.5, 0.6) is 5.75 Å². The number of likely N-dealkylation sites (tertiary alicyclic amines) is 1. The van der Waals surface area contributed by atoms with E-state index in [1.165, 1.54) is 31.2 Å². The van der Waals surface area contributed by atoms with E-state index in [-0.39, 0.29) is 13.0 Å². The third-order valence-electron chi connectivity index (χ3n) is 3.32. The maximum absolute atomic E-state index is 12.8. The van der Waals surface area contributed by atoms with Crippen LogP contribution in [0.15, 0.2) is 24.3 Å². The van der Waals surface area contributed by atoms with Crippen molar-refractivity contribution in [3.8, 4) is 5.75 Å². The van der Waals surface area contributed by atoms with Gasteiger partial charge in [0.2, 0.25) is 0 Å². The quantitative estimate of drug-likeness (QED) is 0.851. The van der Waals surface area contributed by atoms with Gasteiger partial charge in [0.05, 0.1) is 6.10 Å². The normalized spacial score (nSPS) is 22.9. The van der Waals surface area contributed by atoms with Gasteiger partial charge in [-0.25, -0.2) is 9.18 Å². The number of carboxylic acids is 1. The lowest BCUT2D eigenvalue weighted by Gasteiger charge is -2.25. The Kier molecular flexibility index (Phi) is 4.42. The van der Waals surface area contributed by atoms with Gasteiger partial charge in [-0.3, -0.25) is 4.79 Å². The van der Waals surface area contributed by atoms with Crippen molar-refractivity contribution in [1.82, 2.24) is 4.90 Å². The van der Waals surface area contributed by atoms with Crippen molar-refractivity contribution in [3.63, 3.8) is 0 Å². The molecule has 2 N–H and O–H groups in total. The third-order valence-corrected chi connectivity index (χ3v) is 3.32. The third kappa shape index (κ3) is 3.49. The number of aliphatic hydroxyl groups is 1. The maximum atomic E-state index is 12.8. The summed E-state index contributed by atoms with van der Waals surface area (Å²) in [5.74, 6) is -1.80. The Morgan fingerprint density at radius 3 is 2.57 bits per heavy atom. The van der Waals surface area contributed by atoms with Crippen molar-refractivity contribution < 1.29 is 28.9 Å². The summed E-state index contributed by atoms with van der Waals surface area (Å²) in [6.07, 6.45) is -1.78. The number of aliphatic hydroxyl groups excluding tert-OH is 1. The second-order valence-corrected chi connectivity index (χ2v) is 4.95. The van der Waals surface area contributed by atoms with E-state index in [2.05, 4.69) is 0 Å². The van der Waals surface area contributed by atoms with Crippen LogP contribution < -0.4 is 4.74 Å². The first-order valence-electron chi connectivity index (χ1n) is 6.52. The van der Waals surface area contributed by atoms with E-state index < -0.39 is 35.9 Å². The molecule has 3 atom stereocenters. The van der Waals surface area contributed by atoms with Gasteiger partial charge < -0.3 is 19.8 Å². The Balaban J connectivity index is 2.04. The number of ether oxygens (including phenoxy) is 1. The van der Waals surface area contributed by atoms with Crippen molar-refractivity contribution in [3.05, 3.63) is 30.1 Å². The lowest BCUT2D eigenvalue weighted by molar-refractivity contribution is -0.150. The van der Waals surface area contributed by atoms with Gasteiger partial charge in [0.1, 0.15) is 17.6 Å². The molecule has 3 unspecified atom stereocenters. The van der Waals surface area contributed by atoms with Crippen LogP contribution in [-0.4, -0.2) is 51.8 Å². The zero-order chi connectivity index (χ0) is 15.6. The smallest absolute Gasteiger partial charge is 0.326 e. The number of carbonyl (C=O) groups excluding carboxylic acids is 1. The van der Waals surface area contributed by atoms with Gasteiger partial charge in [-0.2, -0.15) is 0 Å². The lowest BCUT2D eigenvalue weighted by atomic mass is 10.2. The summed E-state index contributed by atoms with van der Waals surface area (Å²) in [5.41, 5.74) is 0. The molecule has 0 radical (unpaired) electrons. The Bertz CT molecular complexity index is 533. The summed E-state index contributed by atoms with van der Waals surface area (Å²) in [5, 5.41) is 18.6. The molecule has 1 heterocycles. The molecule has 1 aliphatic heterocycles. The van der Waals surface area contributed by atoms with Crippen LogP contribution in [0.2, 0.25) is 0 Å². The molecule has 1 aliphatic rings. The molecular weight excluding hydrogens is 281 g/mol. The summed E-state index contributed by atoms with van der Waals surface area (Å²) >= 11 is 0. The molecule has 1 amide bonds. The highest BCUT2D eigenvalue weighted by molar-refractivity contribution is 5.87. The lowest BCUT2D eigenvalue weighted by Crippen LogP contribution is -2.46. The number of nitrogens with zero attached hydrogens (tertiary/aromatic N) is 1. The van der Waals surface area contributed by atoms with E-state index in [9.17, 15) is 19.1 Å². The van der Waals surface area contributed by atoms with Crippen LogP contribution >= 0.6 is 0 Å². The molecule has 1 saturated heterocycles. The highest BCUT2D eigenvalue weighted by Gasteiger charge is 2.40. The molecule has 0 aliphatic carbocycles. The van der Waals surface area contributed by atoms with Crippen LogP contribution in [-0.2, 0) is 9.59 Å².